The molecule has 1 fully saturated rings. The van der Waals surface area contributed by atoms with Crippen LogP contribution in [0.1, 0.15) is 17.7 Å². The second kappa shape index (κ2) is 6.03. The van der Waals surface area contributed by atoms with Gasteiger partial charge in [0.15, 0.2) is 4.80 Å². The van der Waals surface area contributed by atoms with E-state index in [1.807, 2.05) is 42.0 Å². The molecule has 0 aliphatic carbocycles. The molecule has 0 N–H and O–H groups in total. The van der Waals surface area contributed by atoms with Gasteiger partial charge in [0.25, 0.3) is 0 Å². The Labute approximate surface area is 132 Å². The van der Waals surface area contributed by atoms with E-state index in [0.717, 1.165) is 36.5 Å². The van der Waals surface area contributed by atoms with Gasteiger partial charge in [-0.25, -0.2) is 4.79 Å². The van der Waals surface area contributed by atoms with E-state index in [2.05, 4.69) is 4.99 Å². The highest BCUT2D eigenvalue weighted by molar-refractivity contribution is 7.09. The Hall–Kier alpha value is -1.59. The number of carbonyl (C=O) groups excluding carboxylic acids is 1. The number of hydrogen-bond donors (Lipinski definition) is 0. The van der Waals surface area contributed by atoms with Gasteiger partial charge >= 0.3 is 6.03 Å². The van der Waals surface area contributed by atoms with Crippen LogP contribution in [-0.4, -0.2) is 28.6 Å². The molecule has 1 aromatic carbocycles. The van der Waals surface area contributed by atoms with Crippen molar-refractivity contribution in [2.75, 3.05) is 13.1 Å². The minimum Gasteiger partial charge on any atom is -0.323 e. The molecule has 2 heterocycles. The number of urea groups is 1. The van der Waals surface area contributed by atoms with Crippen molar-refractivity contribution in [1.29, 1.82) is 0 Å². The summed E-state index contributed by atoms with van der Waals surface area (Å²) >= 11 is 7.56. The Kier molecular flexibility index (Phi) is 4.12. The summed E-state index contributed by atoms with van der Waals surface area (Å²) in [5.41, 5.74) is 0.917. The summed E-state index contributed by atoms with van der Waals surface area (Å²) in [6, 6.07) is 7.40. The maximum atomic E-state index is 12.2. The highest BCUT2D eigenvalue weighted by Gasteiger charge is 2.17. The predicted octanol–water partition coefficient (Wildman–Crippen LogP) is 3.62. The highest BCUT2D eigenvalue weighted by atomic mass is 35.5. The molecule has 0 unspecified atom stereocenters. The first kappa shape index (κ1) is 14.4. The number of hydrogen-bond acceptors (Lipinski definition) is 2. The van der Waals surface area contributed by atoms with Crippen LogP contribution in [0.25, 0.3) is 5.69 Å². The van der Waals surface area contributed by atoms with Gasteiger partial charge in [0, 0.05) is 34.9 Å². The van der Waals surface area contributed by atoms with Crippen LogP contribution in [-0.2, 0) is 0 Å². The maximum Gasteiger partial charge on any atom is 0.346 e. The van der Waals surface area contributed by atoms with E-state index in [0.29, 0.717) is 9.82 Å². The summed E-state index contributed by atoms with van der Waals surface area (Å²) in [6.07, 6.45) is 4.12. The van der Waals surface area contributed by atoms with Crippen molar-refractivity contribution in [3.63, 3.8) is 0 Å². The van der Waals surface area contributed by atoms with Crippen LogP contribution in [0.2, 0.25) is 5.02 Å². The van der Waals surface area contributed by atoms with Crippen LogP contribution in [0.4, 0.5) is 4.79 Å². The van der Waals surface area contributed by atoms with E-state index < -0.39 is 0 Å². The van der Waals surface area contributed by atoms with Gasteiger partial charge in [-0.1, -0.05) is 17.7 Å². The predicted molar refractivity (Wildman–Crippen MR) is 85.2 cm³/mol. The van der Waals surface area contributed by atoms with Crippen molar-refractivity contribution in [3.05, 3.63) is 45.2 Å². The Balaban J connectivity index is 2.01. The van der Waals surface area contributed by atoms with E-state index in [1.165, 1.54) is 11.3 Å². The second-order valence-electron chi connectivity index (χ2n) is 5.06. The molecule has 4 nitrogen and oxygen atoms in total. The van der Waals surface area contributed by atoms with Crippen LogP contribution in [0.15, 0.2) is 35.5 Å². The van der Waals surface area contributed by atoms with Gasteiger partial charge in [-0.3, -0.25) is 4.57 Å². The number of nitrogens with zero attached hydrogens (tertiary/aromatic N) is 3. The fourth-order valence-electron chi connectivity index (χ4n) is 2.41. The normalized spacial score (nSPS) is 15.7. The van der Waals surface area contributed by atoms with E-state index in [-0.39, 0.29) is 6.03 Å². The summed E-state index contributed by atoms with van der Waals surface area (Å²) in [6.45, 7) is 3.62. The molecule has 0 atom stereocenters. The average Bonchev–Trinajstić information content (AvgIpc) is 3.08. The quantitative estimate of drug-likeness (QED) is 0.790. The molecule has 1 aromatic heterocycles. The van der Waals surface area contributed by atoms with Gasteiger partial charge in [0.1, 0.15) is 0 Å². The van der Waals surface area contributed by atoms with Gasteiger partial charge in [-0.15, -0.1) is 11.3 Å². The number of rotatable bonds is 1. The van der Waals surface area contributed by atoms with Crippen LogP contribution in [0, 0.1) is 6.92 Å². The monoisotopic (exact) mass is 321 g/mol. The molecule has 21 heavy (non-hydrogen) atoms. The summed E-state index contributed by atoms with van der Waals surface area (Å²) < 4.78 is 1.92. The Morgan fingerprint density at radius 2 is 2.10 bits per heavy atom. The van der Waals surface area contributed by atoms with E-state index in [9.17, 15) is 4.79 Å². The number of carbonyl (C=O) groups is 1. The summed E-state index contributed by atoms with van der Waals surface area (Å²) in [7, 11) is 0. The molecule has 3 rings (SSSR count). The summed E-state index contributed by atoms with van der Waals surface area (Å²) in [5.74, 6) is 0. The topological polar surface area (TPSA) is 37.6 Å². The highest BCUT2D eigenvalue weighted by Crippen LogP contribution is 2.16. The Bertz CT molecular complexity index is 729. The minimum atomic E-state index is -0.148. The molecular weight excluding hydrogens is 306 g/mol. The van der Waals surface area contributed by atoms with Crippen molar-refractivity contribution in [3.8, 4) is 5.69 Å². The van der Waals surface area contributed by atoms with E-state index in [4.69, 9.17) is 11.6 Å². The van der Waals surface area contributed by atoms with Gasteiger partial charge in [-0.2, -0.15) is 4.99 Å². The van der Waals surface area contributed by atoms with Gasteiger partial charge < -0.3 is 4.90 Å². The standard InChI is InChI=1S/C15H16ClN3OS/c1-11-10-19(13-6-4-5-12(16)9-13)15(21-11)17-14(20)18-7-2-3-8-18/h4-6,9-10H,2-3,7-8H2,1H3/b17-15-. The van der Waals surface area contributed by atoms with Crippen LogP contribution in [0.5, 0.6) is 0 Å². The van der Waals surface area contributed by atoms with Crippen molar-refractivity contribution in [2.24, 2.45) is 4.99 Å². The zero-order valence-corrected chi connectivity index (χ0v) is 13.3. The Morgan fingerprint density at radius 3 is 2.81 bits per heavy atom. The third kappa shape index (κ3) is 3.19. The molecule has 1 saturated heterocycles. The minimum absolute atomic E-state index is 0.148. The molecule has 0 bridgehead atoms. The molecule has 0 saturated carbocycles. The number of aryl methyl sites for hydroxylation is 1. The molecule has 6 heteroatoms. The lowest BCUT2D eigenvalue weighted by Gasteiger charge is -2.10. The van der Waals surface area contributed by atoms with Gasteiger partial charge in [0.2, 0.25) is 0 Å². The third-order valence-electron chi connectivity index (χ3n) is 3.42. The van der Waals surface area contributed by atoms with Crippen molar-refractivity contribution in [1.82, 2.24) is 9.47 Å². The first-order chi connectivity index (χ1) is 10.1. The summed E-state index contributed by atoms with van der Waals surface area (Å²) in [5, 5.41) is 0.667. The average molecular weight is 322 g/mol. The molecule has 0 radical (unpaired) electrons. The SMILES string of the molecule is Cc1cn(-c2cccc(Cl)c2)/c(=N/C(=O)N2CCCC2)s1. The smallest absolute Gasteiger partial charge is 0.323 e. The second-order valence-corrected chi connectivity index (χ2v) is 6.71. The third-order valence-corrected chi connectivity index (χ3v) is 4.56. The number of amides is 2. The molecule has 1 aliphatic heterocycles. The zero-order valence-electron chi connectivity index (χ0n) is 11.8. The van der Waals surface area contributed by atoms with Gasteiger partial charge in [0.05, 0.1) is 0 Å². The largest absolute Gasteiger partial charge is 0.346 e. The Morgan fingerprint density at radius 1 is 1.33 bits per heavy atom. The fourth-order valence-corrected chi connectivity index (χ4v) is 3.42. The van der Waals surface area contributed by atoms with Gasteiger partial charge in [-0.05, 0) is 38.0 Å². The molecule has 1 aliphatic rings. The lowest BCUT2D eigenvalue weighted by molar-refractivity contribution is 0.218. The zero-order chi connectivity index (χ0) is 14.8. The van der Waals surface area contributed by atoms with Crippen LogP contribution < -0.4 is 4.80 Å². The molecular formula is C15H16ClN3OS. The lowest BCUT2D eigenvalue weighted by atomic mass is 10.3. The van der Waals surface area contributed by atoms with E-state index in [1.54, 1.807) is 4.90 Å². The maximum absolute atomic E-state index is 12.2. The first-order valence-electron chi connectivity index (χ1n) is 6.92. The number of aromatic nitrogens is 1. The fraction of sp³-hybridized carbons (Fsp3) is 0.333. The number of likely N-dealkylation sites (tertiary alicyclic amines) is 1. The molecule has 2 amide bonds. The van der Waals surface area contributed by atoms with Crippen LogP contribution >= 0.6 is 22.9 Å². The number of benzene rings is 1. The lowest BCUT2D eigenvalue weighted by Crippen LogP contribution is -2.27. The number of thiazole rings is 1. The van der Waals surface area contributed by atoms with Crippen molar-refractivity contribution >= 4 is 29.0 Å². The van der Waals surface area contributed by atoms with Crippen molar-refractivity contribution in [2.45, 2.75) is 19.8 Å². The molecule has 2 aromatic rings. The van der Waals surface area contributed by atoms with E-state index >= 15 is 0 Å². The summed E-state index contributed by atoms with van der Waals surface area (Å²) in [4.78, 5) is 20.1. The van der Waals surface area contributed by atoms with Crippen LogP contribution in [0.3, 0.4) is 0 Å². The van der Waals surface area contributed by atoms with Crippen molar-refractivity contribution < 1.29 is 4.79 Å². The first-order valence-corrected chi connectivity index (χ1v) is 8.11. The molecule has 0 spiro atoms. The molecule has 110 valence electrons. The number of halogens is 1.